The van der Waals surface area contributed by atoms with Crippen LogP contribution in [0.5, 0.6) is 0 Å². The van der Waals surface area contributed by atoms with E-state index in [1.54, 1.807) is 0 Å². The molecule has 1 fully saturated rings. The molecule has 2 aliphatic rings. The van der Waals surface area contributed by atoms with E-state index in [9.17, 15) is 4.79 Å². The highest BCUT2D eigenvalue weighted by atomic mass is 16.2. The zero-order chi connectivity index (χ0) is 14.9. The molecule has 0 bridgehead atoms. The van der Waals surface area contributed by atoms with E-state index in [-0.39, 0.29) is 6.03 Å². The van der Waals surface area contributed by atoms with Crippen molar-refractivity contribution in [3.63, 3.8) is 0 Å². The number of amides is 2. The first-order valence-corrected chi connectivity index (χ1v) is 8.31. The lowest BCUT2D eigenvalue weighted by molar-refractivity contribution is 0.183. The van der Waals surface area contributed by atoms with Gasteiger partial charge in [-0.2, -0.15) is 0 Å². The molecule has 1 aliphatic carbocycles. The Morgan fingerprint density at radius 1 is 1.23 bits per heavy atom. The van der Waals surface area contributed by atoms with Gasteiger partial charge in [-0.15, -0.1) is 0 Å². The molecule has 0 unspecified atom stereocenters. The monoisotopic (exact) mass is 298 g/mol. The number of carbonyl (C=O) groups excluding carboxylic acids is 1. The van der Waals surface area contributed by atoms with Crippen LogP contribution in [-0.2, 0) is 13.0 Å². The van der Waals surface area contributed by atoms with Gasteiger partial charge in [0.1, 0.15) is 5.65 Å². The number of urea groups is 1. The topological polar surface area (TPSA) is 49.6 Å². The highest BCUT2D eigenvalue weighted by molar-refractivity contribution is 5.75. The van der Waals surface area contributed by atoms with E-state index >= 15 is 0 Å². The molecule has 5 heteroatoms. The summed E-state index contributed by atoms with van der Waals surface area (Å²) in [6.45, 7) is 1.41. The fraction of sp³-hybridized carbons (Fsp3) is 0.529. The highest BCUT2D eigenvalue weighted by Crippen LogP contribution is 2.22. The summed E-state index contributed by atoms with van der Waals surface area (Å²) in [6, 6.07) is 6.48. The van der Waals surface area contributed by atoms with Crippen molar-refractivity contribution in [1.82, 2.24) is 19.6 Å². The fourth-order valence-electron chi connectivity index (χ4n) is 3.65. The molecular weight excluding hydrogens is 276 g/mol. The lowest BCUT2D eigenvalue weighted by atomic mass is 9.96. The van der Waals surface area contributed by atoms with Gasteiger partial charge in [-0.25, -0.2) is 9.78 Å². The fourth-order valence-corrected chi connectivity index (χ4v) is 3.65. The lowest BCUT2D eigenvalue weighted by Crippen LogP contribution is -2.47. The van der Waals surface area contributed by atoms with Gasteiger partial charge in [0.2, 0.25) is 0 Å². The third-order valence-corrected chi connectivity index (χ3v) is 4.89. The van der Waals surface area contributed by atoms with Crippen molar-refractivity contribution in [1.29, 1.82) is 0 Å². The molecule has 0 radical (unpaired) electrons. The van der Waals surface area contributed by atoms with Gasteiger partial charge in [0, 0.05) is 25.2 Å². The zero-order valence-electron chi connectivity index (χ0n) is 12.8. The van der Waals surface area contributed by atoms with Gasteiger partial charge in [-0.05, 0) is 25.0 Å². The Morgan fingerprint density at radius 3 is 2.95 bits per heavy atom. The van der Waals surface area contributed by atoms with E-state index in [4.69, 9.17) is 0 Å². The second kappa shape index (κ2) is 5.63. The number of fused-ring (bicyclic) bond motifs is 3. The number of pyridine rings is 1. The van der Waals surface area contributed by atoms with Crippen LogP contribution in [0.2, 0.25) is 0 Å². The first-order valence-electron chi connectivity index (χ1n) is 8.31. The molecular formula is C17H22N4O. The Hall–Kier alpha value is -2.04. The Balaban J connectivity index is 1.50. The molecule has 0 atom stereocenters. The van der Waals surface area contributed by atoms with Gasteiger partial charge in [-0.1, -0.05) is 25.3 Å². The van der Waals surface area contributed by atoms with Crippen molar-refractivity contribution >= 4 is 11.7 Å². The Morgan fingerprint density at radius 2 is 2.09 bits per heavy atom. The highest BCUT2D eigenvalue weighted by Gasteiger charge is 2.26. The molecule has 116 valence electrons. The number of carbonyl (C=O) groups is 1. The molecule has 0 saturated heterocycles. The minimum Gasteiger partial charge on any atom is -0.335 e. The smallest absolute Gasteiger partial charge is 0.317 e. The van der Waals surface area contributed by atoms with Gasteiger partial charge < -0.3 is 14.6 Å². The lowest BCUT2D eigenvalue weighted by Gasteiger charge is -2.30. The van der Waals surface area contributed by atoms with Crippen LogP contribution in [0.25, 0.3) is 5.65 Å². The second-order valence-electron chi connectivity index (χ2n) is 6.39. The first kappa shape index (κ1) is 13.6. The van der Waals surface area contributed by atoms with Crippen molar-refractivity contribution in [2.45, 2.75) is 51.1 Å². The maximum atomic E-state index is 12.5. The van der Waals surface area contributed by atoms with Gasteiger partial charge in [0.25, 0.3) is 0 Å². The minimum atomic E-state index is 0.0865. The Labute approximate surface area is 130 Å². The molecule has 3 heterocycles. The molecule has 2 aromatic rings. The maximum Gasteiger partial charge on any atom is 0.317 e. The molecule has 1 N–H and O–H groups in total. The summed E-state index contributed by atoms with van der Waals surface area (Å²) in [4.78, 5) is 19.1. The first-order chi connectivity index (χ1) is 10.8. The van der Waals surface area contributed by atoms with Crippen LogP contribution in [-0.4, -0.2) is 32.9 Å². The third kappa shape index (κ3) is 2.45. The number of hydrogen-bond acceptors (Lipinski definition) is 2. The molecule has 4 rings (SSSR count). The van der Waals surface area contributed by atoms with Crippen LogP contribution in [0.15, 0.2) is 24.4 Å². The number of hydrogen-bond donors (Lipinski definition) is 1. The van der Waals surface area contributed by atoms with Crippen LogP contribution in [0.4, 0.5) is 4.79 Å². The summed E-state index contributed by atoms with van der Waals surface area (Å²) in [6.07, 6.45) is 8.91. The van der Waals surface area contributed by atoms with Crippen molar-refractivity contribution in [2.75, 3.05) is 6.54 Å². The van der Waals surface area contributed by atoms with Crippen molar-refractivity contribution in [2.24, 2.45) is 0 Å². The van der Waals surface area contributed by atoms with Crippen molar-refractivity contribution in [3.8, 4) is 0 Å². The number of rotatable bonds is 1. The second-order valence-corrected chi connectivity index (χ2v) is 6.39. The standard InChI is InChI=1S/C17H22N4O/c22-17(18-13-6-2-1-3-7-13)20-11-9-14-15(12-20)21-10-5-4-8-16(21)19-14/h4-5,8,10,13H,1-3,6-7,9,11-12H2,(H,18,22). The number of aromatic nitrogens is 2. The van der Waals surface area contributed by atoms with Crippen LogP contribution in [0, 0.1) is 0 Å². The zero-order valence-corrected chi connectivity index (χ0v) is 12.8. The molecule has 2 aromatic heterocycles. The van der Waals surface area contributed by atoms with E-state index < -0.39 is 0 Å². The summed E-state index contributed by atoms with van der Waals surface area (Å²) in [5, 5.41) is 3.22. The van der Waals surface area contributed by atoms with E-state index in [0.717, 1.165) is 42.8 Å². The average Bonchev–Trinajstić information content (AvgIpc) is 2.93. The largest absolute Gasteiger partial charge is 0.335 e. The number of nitrogens with one attached hydrogen (secondary N) is 1. The molecule has 2 amide bonds. The summed E-state index contributed by atoms with van der Waals surface area (Å²) in [5.41, 5.74) is 3.26. The van der Waals surface area contributed by atoms with Gasteiger partial charge >= 0.3 is 6.03 Å². The molecule has 1 saturated carbocycles. The quantitative estimate of drug-likeness (QED) is 0.880. The SMILES string of the molecule is O=C(NC1CCCCC1)N1CCc2nc3ccccn3c2C1. The Kier molecular flexibility index (Phi) is 3.48. The van der Waals surface area contributed by atoms with Crippen LogP contribution >= 0.6 is 0 Å². The predicted molar refractivity (Wildman–Crippen MR) is 84.7 cm³/mol. The summed E-state index contributed by atoms with van der Waals surface area (Å²) in [5.74, 6) is 0. The van der Waals surface area contributed by atoms with Crippen molar-refractivity contribution in [3.05, 3.63) is 35.8 Å². The van der Waals surface area contributed by atoms with Crippen molar-refractivity contribution < 1.29 is 4.79 Å². The van der Waals surface area contributed by atoms with Crippen LogP contribution < -0.4 is 5.32 Å². The van der Waals surface area contributed by atoms with Gasteiger partial charge in [0.15, 0.2) is 0 Å². The average molecular weight is 298 g/mol. The Bertz CT molecular complexity index is 687. The molecule has 22 heavy (non-hydrogen) atoms. The third-order valence-electron chi connectivity index (χ3n) is 4.89. The summed E-state index contributed by atoms with van der Waals surface area (Å²) < 4.78 is 2.11. The minimum absolute atomic E-state index is 0.0865. The van der Waals surface area contributed by atoms with E-state index in [0.29, 0.717) is 12.6 Å². The number of imidazole rings is 1. The summed E-state index contributed by atoms with van der Waals surface area (Å²) >= 11 is 0. The molecule has 5 nitrogen and oxygen atoms in total. The van der Waals surface area contributed by atoms with E-state index in [1.165, 1.54) is 19.3 Å². The molecule has 0 aromatic carbocycles. The van der Waals surface area contributed by atoms with Gasteiger partial charge in [0.05, 0.1) is 17.9 Å². The van der Waals surface area contributed by atoms with E-state index in [1.807, 2.05) is 29.3 Å². The van der Waals surface area contributed by atoms with E-state index in [2.05, 4.69) is 14.7 Å². The predicted octanol–water partition coefficient (Wildman–Crippen LogP) is 2.73. The molecule has 1 aliphatic heterocycles. The number of nitrogens with zero attached hydrogens (tertiary/aromatic N) is 3. The normalized spacial score (nSPS) is 19.2. The maximum absolute atomic E-state index is 12.5. The van der Waals surface area contributed by atoms with Crippen LogP contribution in [0.3, 0.4) is 0 Å². The molecule has 0 spiro atoms. The summed E-state index contributed by atoms with van der Waals surface area (Å²) in [7, 11) is 0. The van der Waals surface area contributed by atoms with Gasteiger partial charge in [-0.3, -0.25) is 0 Å². The van der Waals surface area contributed by atoms with Crippen LogP contribution in [0.1, 0.15) is 43.5 Å².